The zero-order valence-electron chi connectivity index (χ0n) is 11.6. The number of carbonyl (C=O) groups is 2. The van der Waals surface area contributed by atoms with Gasteiger partial charge in [-0.05, 0) is 6.92 Å². The highest BCUT2D eigenvalue weighted by Gasteiger charge is 2.03. The first-order chi connectivity index (χ1) is 8.01. The van der Waals surface area contributed by atoms with Gasteiger partial charge in [0.05, 0.1) is 0 Å². The summed E-state index contributed by atoms with van der Waals surface area (Å²) in [5, 5.41) is 0. The molecule has 0 rings (SSSR count). The average Bonchev–Trinajstić information content (AvgIpc) is 2.29. The molecule has 0 spiro atoms. The standard InChI is InChI=1S/C7H10O3.C6H15B/c1-3-4-10-7(9)5-6(2)8;1-4-7(5-2)6-3/h3H,1,4-5H2,2H3;4-6H2,1-3H3. The Balaban J connectivity index is 0. The van der Waals surface area contributed by atoms with Crippen LogP contribution in [0.4, 0.5) is 0 Å². The molecule has 0 aromatic heterocycles. The van der Waals surface area contributed by atoms with Gasteiger partial charge in [0, 0.05) is 0 Å². The fraction of sp³-hybridized carbons (Fsp3) is 0.692. The molecule has 0 saturated heterocycles. The number of ketones is 1. The van der Waals surface area contributed by atoms with Crippen molar-refractivity contribution in [1.82, 2.24) is 0 Å². The van der Waals surface area contributed by atoms with Gasteiger partial charge in [-0.25, -0.2) is 0 Å². The fourth-order valence-electron chi connectivity index (χ4n) is 1.27. The highest BCUT2D eigenvalue weighted by atomic mass is 16.5. The summed E-state index contributed by atoms with van der Waals surface area (Å²) in [6.07, 6.45) is 5.37. The largest absolute Gasteiger partial charge is 0.461 e. The summed E-state index contributed by atoms with van der Waals surface area (Å²) < 4.78 is 4.52. The van der Waals surface area contributed by atoms with Crippen molar-refractivity contribution in [1.29, 1.82) is 0 Å². The molecule has 0 aliphatic carbocycles. The molecule has 0 bridgehead atoms. The zero-order valence-corrected chi connectivity index (χ0v) is 11.6. The molecule has 17 heavy (non-hydrogen) atoms. The predicted molar refractivity (Wildman–Crippen MR) is 73.7 cm³/mol. The van der Waals surface area contributed by atoms with Crippen LogP contribution in [-0.4, -0.2) is 25.1 Å². The molecule has 4 heteroatoms. The van der Waals surface area contributed by atoms with Crippen LogP contribution in [0, 0.1) is 0 Å². The maximum absolute atomic E-state index is 10.5. The fourth-order valence-corrected chi connectivity index (χ4v) is 1.27. The van der Waals surface area contributed by atoms with Gasteiger partial charge in [-0.15, -0.1) is 0 Å². The number of esters is 1. The lowest BCUT2D eigenvalue weighted by molar-refractivity contribution is -0.144. The summed E-state index contributed by atoms with van der Waals surface area (Å²) in [5.41, 5.74) is 0. The van der Waals surface area contributed by atoms with Crippen LogP contribution in [0.1, 0.15) is 34.1 Å². The lowest BCUT2D eigenvalue weighted by atomic mass is 9.44. The second-order valence-corrected chi connectivity index (χ2v) is 3.94. The van der Waals surface area contributed by atoms with Crippen molar-refractivity contribution in [3.8, 4) is 0 Å². The van der Waals surface area contributed by atoms with Crippen molar-refractivity contribution >= 4 is 18.5 Å². The predicted octanol–water partition coefficient (Wildman–Crippen LogP) is 3.24. The quantitative estimate of drug-likeness (QED) is 0.297. The van der Waals surface area contributed by atoms with Gasteiger partial charge >= 0.3 is 5.97 Å². The molecule has 0 aliphatic rings. The molecule has 0 atom stereocenters. The monoisotopic (exact) mass is 240 g/mol. The minimum absolute atomic E-state index is 0.145. The second kappa shape index (κ2) is 13.0. The van der Waals surface area contributed by atoms with Gasteiger partial charge in [0.1, 0.15) is 25.5 Å². The number of Topliss-reactive ketones (excluding diaryl/α,β-unsaturated/α-hetero) is 1. The van der Waals surface area contributed by atoms with Crippen LogP contribution in [0.15, 0.2) is 12.7 Å². The van der Waals surface area contributed by atoms with Gasteiger partial charge < -0.3 is 4.74 Å². The van der Waals surface area contributed by atoms with E-state index in [-0.39, 0.29) is 18.8 Å². The summed E-state index contributed by atoms with van der Waals surface area (Å²) in [4.78, 5) is 20.8. The number of hydrogen-bond donors (Lipinski definition) is 0. The molecule has 0 fully saturated rings. The Morgan fingerprint density at radius 2 is 1.65 bits per heavy atom. The van der Waals surface area contributed by atoms with E-state index in [2.05, 4.69) is 32.1 Å². The minimum atomic E-state index is -0.493. The normalized spacial score (nSPS) is 8.71. The van der Waals surface area contributed by atoms with E-state index in [1.165, 1.54) is 32.0 Å². The second-order valence-electron chi connectivity index (χ2n) is 3.94. The molecule has 0 unspecified atom stereocenters. The van der Waals surface area contributed by atoms with E-state index in [4.69, 9.17) is 0 Å². The van der Waals surface area contributed by atoms with Crippen molar-refractivity contribution in [2.75, 3.05) is 6.61 Å². The van der Waals surface area contributed by atoms with E-state index < -0.39 is 5.97 Å². The SMILES string of the molecule is C=CCOC(=O)CC(C)=O.CCB(CC)CC. The number of hydrogen-bond acceptors (Lipinski definition) is 3. The topological polar surface area (TPSA) is 43.4 Å². The molecule has 98 valence electrons. The summed E-state index contributed by atoms with van der Waals surface area (Å²) in [5.74, 6) is -0.679. The first-order valence-corrected chi connectivity index (χ1v) is 6.27. The first kappa shape index (κ1) is 18.3. The molecule has 0 aliphatic heterocycles. The van der Waals surface area contributed by atoms with E-state index in [1.807, 2.05) is 0 Å². The van der Waals surface area contributed by atoms with Gasteiger partial charge in [-0.3, -0.25) is 9.59 Å². The van der Waals surface area contributed by atoms with Crippen LogP contribution in [0.5, 0.6) is 0 Å². The maximum Gasteiger partial charge on any atom is 0.313 e. The van der Waals surface area contributed by atoms with Crippen molar-refractivity contribution < 1.29 is 14.3 Å². The van der Waals surface area contributed by atoms with E-state index in [9.17, 15) is 9.59 Å². The van der Waals surface area contributed by atoms with Crippen LogP contribution in [0.3, 0.4) is 0 Å². The van der Waals surface area contributed by atoms with Gasteiger partial charge in [0.25, 0.3) is 0 Å². The highest BCUT2D eigenvalue weighted by Crippen LogP contribution is 2.01. The Hall–Kier alpha value is -1.06. The molecule has 3 nitrogen and oxygen atoms in total. The molecular weight excluding hydrogens is 215 g/mol. The number of carbonyl (C=O) groups excluding carboxylic acids is 2. The van der Waals surface area contributed by atoms with Crippen molar-refractivity contribution in [2.45, 2.75) is 53.1 Å². The molecule has 0 aromatic carbocycles. The summed E-state index contributed by atoms with van der Waals surface area (Å²) in [7, 11) is 0. The molecule has 0 aromatic rings. The first-order valence-electron chi connectivity index (χ1n) is 6.27. The smallest absolute Gasteiger partial charge is 0.313 e. The van der Waals surface area contributed by atoms with Crippen LogP contribution < -0.4 is 0 Å². The summed E-state index contributed by atoms with van der Waals surface area (Å²) in [6.45, 7) is 12.6. The lowest BCUT2D eigenvalue weighted by Crippen LogP contribution is -2.08. The van der Waals surface area contributed by atoms with Gasteiger partial charge in [0.15, 0.2) is 0 Å². The Morgan fingerprint density at radius 3 is 1.88 bits per heavy atom. The molecule has 0 saturated carbocycles. The van der Waals surface area contributed by atoms with E-state index in [1.54, 1.807) is 0 Å². The molecule has 0 radical (unpaired) electrons. The van der Waals surface area contributed by atoms with Gasteiger partial charge in [-0.1, -0.05) is 52.4 Å². The van der Waals surface area contributed by atoms with E-state index >= 15 is 0 Å². The van der Waals surface area contributed by atoms with Crippen molar-refractivity contribution in [3.63, 3.8) is 0 Å². The highest BCUT2D eigenvalue weighted by molar-refractivity contribution is 6.58. The third kappa shape index (κ3) is 14.9. The van der Waals surface area contributed by atoms with E-state index in [0.29, 0.717) is 0 Å². The molecular formula is C13H25BO3. The number of rotatable bonds is 7. The maximum atomic E-state index is 10.5. The summed E-state index contributed by atoms with van der Waals surface area (Å²) >= 11 is 0. The number of ether oxygens (including phenoxy) is 1. The third-order valence-electron chi connectivity index (χ3n) is 2.49. The van der Waals surface area contributed by atoms with E-state index in [0.717, 1.165) is 6.71 Å². The zero-order chi connectivity index (χ0) is 13.7. The molecule has 0 heterocycles. The Morgan fingerprint density at radius 1 is 1.18 bits per heavy atom. The summed E-state index contributed by atoms with van der Waals surface area (Å²) in [6, 6.07) is 0. The molecule has 0 amide bonds. The Bertz CT molecular complexity index is 217. The third-order valence-corrected chi connectivity index (χ3v) is 2.49. The van der Waals surface area contributed by atoms with Crippen LogP contribution >= 0.6 is 0 Å². The minimum Gasteiger partial charge on any atom is -0.461 e. The van der Waals surface area contributed by atoms with Crippen molar-refractivity contribution in [2.24, 2.45) is 0 Å². The van der Waals surface area contributed by atoms with Crippen LogP contribution in [0.2, 0.25) is 19.0 Å². The average molecular weight is 240 g/mol. The lowest BCUT2D eigenvalue weighted by Gasteiger charge is -2.00. The Kier molecular flexibility index (Phi) is 14.0. The van der Waals surface area contributed by atoms with Gasteiger partial charge in [0.2, 0.25) is 0 Å². The van der Waals surface area contributed by atoms with Gasteiger partial charge in [-0.2, -0.15) is 0 Å². The van der Waals surface area contributed by atoms with Crippen molar-refractivity contribution in [3.05, 3.63) is 12.7 Å². The van der Waals surface area contributed by atoms with Crippen LogP contribution in [-0.2, 0) is 14.3 Å². The van der Waals surface area contributed by atoms with Crippen LogP contribution in [0.25, 0.3) is 0 Å². The Labute approximate surface area is 106 Å². The molecule has 0 N–H and O–H groups in total.